The van der Waals surface area contributed by atoms with Crippen LogP contribution in [0.2, 0.25) is 0 Å². The first-order valence-corrected chi connectivity index (χ1v) is 11.3. The van der Waals surface area contributed by atoms with Crippen molar-refractivity contribution in [2.24, 2.45) is 5.92 Å². The van der Waals surface area contributed by atoms with Gasteiger partial charge >= 0.3 is 0 Å². The van der Waals surface area contributed by atoms with Crippen molar-refractivity contribution in [1.82, 2.24) is 19.6 Å². The summed E-state index contributed by atoms with van der Waals surface area (Å²) >= 11 is 0. The molecule has 1 fully saturated rings. The number of nitrogens with one attached hydrogen (secondary N) is 2. The van der Waals surface area contributed by atoms with Gasteiger partial charge in [0.15, 0.2) is 5.65 Å². The number of aromatic nitrogens is 4. The highest BCUT2D eigenvalue weighted by Gasteiger charge is 2.30. The predicted molar refractivity (Wildman–Crippen MR) is 119 cm³/mol. The second kappa shape index (κ2) is 8.27. The molecule has 0 saturated heterocycles. The van der Waals surface area contributed by atoms with Crippen LogP contribution in [0.15, 0.2) is 66.9 Å². The lowest BCUT2D eigenvalue weighted by Crippen LogP contribution is -2.14. The summed E-state index contributed by atoms with van der Waals surface area (Å²) in [6.45, 7) is 0. The minimum absolute atomic E-state index is 0.0296. The molecule has 1 atom stereocenters. The number of pyridine rings is 2. The van der Waals surface area contributed by atoms with Gasteiger partial charge in [-0.05, 0) is 42.7 Å². The van der Waals surface area contributed by atoms with Crippen LogP contribution in [0.25, 0.3) is 16.9 Å². The molecule has 1 aromatic carbocycles. The molecule has 5 rings (SSSR count). The molecule has 0 bridgehead atoms. The molecule has 0 aliphatic heterocycles. The highest BCUT2D eigenvalue weighted by atomic mass is 32.2. The molecule has 2 N–H and O–H groups in total. The Hall–Kier alpha value is -3.59. The third-order valence-electron chi connectivity index (χ3n) is 4.96. The van der Waals surface area contributed by atoms with E-state index in [1.165, 1.54) is 0 Å². The number of rotatable bonds is 7. The fourth-order valence-electron chi connectivity index (χ4n) is 3.22. The standard InChI is InChI=1S/C22H20N6O2S/c29-21(16-9-10-16)25-22-24-20-8-4-7-18(28(20)26-22)17-11-12-19(23-13-17)27-31(30)14-15-5-2-1-3-6-15/h1-8,11-13,16H,9-10,14H2,(H,23,27)(H,25,26,29). The molecule has 156 valence electrons. The zero-order chi connectivity index (χ0) is 21.2. The van der Waals surface area contributed by atoms with Gasteiger partial charge < -0.3 is 0 Å². The van der Waals surface area contributed by atoms with E-state index < -0.39 is 11.0 Å². The van der Waals surface area contributed by atoms with Crippen LogP contribution in [-0.2, 0) is 21.5 Å². The van der Waals surface area contributed by atoms with E-state index in [9.17, 15) is 9.00 Å². The van der Waals surface area contributed by atoms with Crippen LogP contribution in [0.4, 0.5) is 11.8 Å². The van der Waals surface area contributed by atoms with Gasteiger partial charge in [-0.3, -0.25) is 14.8 Å². The molecule has 3 aromatic heterocycles. The minimum Gasteiger partial charge on any atom is -0.293 e. The molecule has 3 heterocycles. The van der Waals surface area contributed by atoms with Gasteiger partial charge in [-0.15, -0.1) is 5.10 Å². The summed E-state index contributed by atoms with van der Waals surface area (Å²) in [6.07, 6.45) is 3.54. The number of hydrogen-bond donors (Lipinski definition) is 2. The first kappa shape index (κ1) is 19.4. The monoisotopic (exact) mass is 432 g/mol. The van der Waals surface area contributed by atoms with Gasteiger partial charge in [0, 0.05) is 17.7 Å². The molecular formula is C22H20N6O2S. The van der Waals surface area contributed by atoms with E-state index in [2.05, 4.69) is 25.1 Å². The molecule has 31 heavy (non-hydrogen) atoms. The Labute approximate surface area is 181 Å². The zero-order valence-corrected chi connectivity index (χ0v) is 17.4. The van der Waals surface area contributed by atoms with Crippen LogP contribution in [0, 0.1) is 5.92 Å². The number of nitrogens with zero attached hydrogens (tertiary/aromatic N) is 4. The number of fused-ring (bicyclic) bond motifs is 1. The predicted octanol–water partition coefficient (Wildman–Crippen LogP) is 3.42. The van der Waals surface area contributed by atoms with E-state index in [0.29, 0.717) is 23.2 Å². The van der Waals surface area contributed by atoms with Crippen molar-refractivity contribution >= 4 is 34.3 Å². The molecule has 1 unspecified atom stereocenters. The van der Waals surface area contributed by atoms with E-state index in [4.69, 9.17) is 0 Å². The van der Waals surface area contributed by atoms with E-state index >= 15 is 0 Å². The molecule has 1 aliphatic rings. The van der Waals surface area contributed by atoms with Gasteiger partial charge in [0.2, 0.25) is 11.9 Å². The van der Waals surface area contributed by atoms with Crippen molar-refractivity contribution in [3.63, 3.8) is 0 Å². The average molecular weight is 433 g/mol. The van der Waals surface area contributed by atoms with Crippen molar-refractivity contribution < 1.29 is 9.00 Å². The zero-order valence-electron chi connectivity index (χ0n) is 16.6. The first-order chi connectivity index (χ1) is 15.2. The molecule has 0 spiro atoms. The molecule has 1 aliphatic carbocycles. The van der Waals surface area contributed by atoms with Crippen LogP contribution >= 0.6 is 0 Å². The third-order valence-corrected chi connectivity index (χ3v) is 5.99. The molecule has 4 aromatic rings. The Morgan fingerprint density at radius 1 is 1.06 bits per heavy atom. The highest BCUT2D eigenvalue weighted by molar-refractivity contribution is 7.85. The Balaban J connectivity index is 1.32. The van der Waals surface area contributed by atoms with Gasteiger partial charge in [-0.1, -0.05) is 36.4 Å². The second-order valence-electron chi connectivity index (χ2n) is 7.39. The normalized spacial score (nSPS) is 14.3. The smallest absolute Gasteiger partial charge is 0.249 e. The number of hydrogen-bond acceptors (Lipinski definition) is 5. The third kappa shape index (κ3) is 4.46. The SMILES string of the molecule is O=C(Nc1nc2cccc(-c3ccc(NS(=O)Cc4ccccc4)nc3)n2n1)C1CC1. The summed E-state index contributed by atoms with van der Waals surface area (Å²) in [4.78, 5) is 20.8. The number of carbonyl (C=O) groups excluding carboxylic acids is 1. The average Bonchev–Trinajstić information content (AvgIpc) is 3.55. The van der Waals surface area contributed by atoms with E-state index in [0.717, 1.165) is 29.7 Å². The van der Waals surface area contributed by atoms with Crippen molar-refractivity contribution in [2.45, 2.75) is 18.6 Å². The number of carbonyl (C=O) groups is 1. The summed E-state index contributed by atoms with van der Waals surface area (Å²) in [5.74, 6) is 1.28. The summed E-state index contributed by atoms with van der Waals surface area (Å²) in [7, 11) is -1.28. The van der Waals surface area contributed by atoms with Crippen LogP contribution in [0.5, 0.6) is 0 Å². The Bertz CT molecular complexity index is 1250. The van der Waals surface area contributed by atoms with Crippen molar-refractivity contribution in [3.05, 3.63) is 72.4 Å². The second-order valence-corrected chi connectivity index (χ2v) is 8.57. The van der Waals surface area contributed by atoms with E-state index in [-0.39, 0.29) is 11.8 Å². The fourth-order valence-corrected chi connectivity index (χ4v) is 4.14. The molecule has 1 amide bonds. The molecule has 0 radical (unpaired) electrons. The maximum absolute atomic E-state index is 12.4. The van der Waals surface area contributed by atoms with Gasteiger partial charge in [-0.2, -0.15) is 4.98 Å². The fraction of sp³-hybridized carbons (Fsp3) is 0.182. The summed E-state index contributed by atoms with van der Waals surface area (Å²) < 4.78 is 17.0. The van der Waals surface area contributed by atoms with Crippen LogP contribution in [0.3, 0.4) is 0 Å². The molecule has 9 heteroatoms. The van der Waals surface area contributed by atoms with Gasteiger partial charge in [-0.25, -0.2) is 13.7 Å². The lowest BCUT2D eigenvalue weighted by molar-refractivity contribution is -0.117. The Kier molecular flexibility index (Phi) is 5.17. The molecule has 8 nitrogen and oxygen atoms in total. The molecular weight excluding hydrogens is 412 g/mol. The quantitative estimate of drug-likeness (QED) is 0.466. The van der Waals surface area contributed by atoms with Crippen LogP contribution in [-0.4, -0.2) is 29.7 Å². The first-order valence-electron chi connectivity index (χ1n) is 9.98. The minimum atomic E-state index is -1.28. The summed E-state index contributed by atoms with van der Waals surface area (Å²) in [5.41, 5.74) is 3.25. The van der Waals surface area contributed by atoms with Crippen molar-refractivity contribution in [1.29, 1.82) is 0 Å². The number of benzene rings is 1. The molecule has 1 saturated carbocycles. The van der Waals surface area contributed by atoms with Gasteiger partial charge in [0.05, 0.1) is 11.4 Å². The largest absolute Gasteiger partial charge is 0.293 e. The van der Waals surface area contributed by atoms with Crippen LogP contribution in [0.1, 0.15) is 18.4 Å². The number of anilines is 2. The summed E-state index contributed by atoms with van der Waals surface area (Å²) in [5, 5.41) is 7.22. The van der Waals surface area contributed by atoms with E-state index in [1.807, 2.05) is 54.6 Å². The summed E-state index contributed by atoms with van der Waals surface area (Å²) in [6, 6.07) is 18.9. The van der Waals surface area contributed by atoms with Crippen molar-refractivity contribution in [2.75, 3.05) is 10.0 Å². The Morgan fingerprint density at radius 2 is 1.90 bits per heavy atom. The van der Waals surface area contributed by atoms with Crippen LogP contribution < -0.4 is 10.0 Å². The van der Waals surface area contributed by atoms with Gasteiger partial charge in [0.1, 0.15) is 16.8 Å². The Morgan fingerprint density at radius 3 is 2.65 bits per heavy atom. The topological polar surface area (TPSA) is 101 Å². The maximum Gasteiger partial charge on any atom is 0.249 e. The van der Waals surface area contributed by atoms with E-state index in [1.54, 1.807) is 16.8 Å². The lowest BCUT2D eigenvalue weighted by atomic mass is 10.2. The number of amides is 1. The van der Waals surface area contributed by atoms with Gasteiger partial charge in [0.25, 0.3) is 0 Å². The van der Waals surface area contributed by atoms with Crippen molar-refractivity contribution in [3.8, 4) is 11.3 Å². The highest BCUT2D eigenvalue weighted by Crippen LogP contribution is 2.30. The lowest BCUT2D eigenvalue weighted by Gasteiger charge is -2.07. The maximum atomic E-state index is 12.4.